The van der Waals surface area contributed by atoms with Gasteiger partial charge in [-0.25, -0.2) is 9.97 Å². The van der Waals surface area contributed by atoms with Crippen LogP contribution in [0.2, 0.25) is 0 Å². The van der Waals surface area contributed by atoms with Crippen molar-refractivity contribution in [3.05, 3.63) is 172 Å². The van der Waals surface area contributed by atoms with Crippen molar-refractivity contribution in [3.8, 4) is 5.69 Å². The zero-order chi connectivity index (χ0) is 43.5. The van der Waals surface area contributed by atoms with E-state index in [0.29, 0.717) is 0 Å². The smallest absolute Gasteiger partial charge is 0.145 e. The summed E-state index contributed by atoms with van der Waals surface area (Å²) in [5.41, 5.74) is 19.0. The Morgan fingerprint density at radius 1 is 0.419 bits per heavy atom. The number of pyridine rings is 2. The van der Waals surface area contributed by atoms with Gasteiger partial charge in [0.15, 0.2) is 0 Å². The summed E-state index contributed by atoms with van der Waals surface area (Å²) >= 11 is 0. The zero-order valence-corrected chi connectivity index (χ0v) is 38.4. The van der Waals surface area contributed by atoms with E-state index >= 15 is 0 Å². The molecule has 5 aromatic carbocycles. The summed E-state index contributed by atoms with van der Waals surface area (Å²) in [6.45, 7) is 28.2. The van der Waals surface area contributed by atoms with Gasteiger partial charge < -0.3 is 4.90 Å². The molecule has 0 aliphatic carbocycles. The highest BCUT2D eigenvalue weighted by atomic mass is 15.2. The van der Waals surface area contributed by atoms with E-state index in [9.17, 15) is 0 Å². The maximum absolute atomic E-state index is 5.12. The van der Waals surface area contributed by atoms with Crippen molar-refractivity contribution in [2.45, 2.75) is 110 Å². The van der Waals surface area contributed by atoms with Crippen LogP contribution in [0.5, 0.6) is 0 Å². The lowest BCUT2D eigenvalue weighted by atomic mass is 9.68. The van der Waals surface area contributed by atoms with Gasteiger partial charge in [-0.05, 0) is 122 Å². The molecule has 0 amide bonds. The maximum Gasteiger partial charge on any atom is 0.145 e. The highest BCUT2D eigenvalue weighted by Gasteiger charge is 2.44. The number of hydrogen-bond donors (Lipinski definition) is 0. The van der Waals surface area contributed by atoms with Gasteiger partial charge in [0.2, 0.25) is 0 Å². The van der Waals surface area contributed by atoms with Crippen LogP contribution >= 0.6 is 0 Å². The molecule has 0 fully saturated rings. The minimum atomic E-state index is -0.271. The molecule has 3 aliphatic rings. The van der Waals surface area contributed by atoms with Crippen LogP contribution < -0.4 is 9.80 Å². The second kappa shape index (κ2) is 12.5. The van der Waals surface area contributed by atoms with Crippen LogP contribution in [-0.4, -0.2) is 14.5 Å². The Morgan fingerprint density at radius 2 is 1.02 bits per heavy atom. The predicted molar refractivity (Wildman–Crippen MR) is 260 cm³/mol. The summed E-state index contributed by atoms with van der Waals surface area (Å²) < 4.78 is 2.46. The van der Waals surface area contributed by atoms with Crippen LogP contribution in [0.1, 0.15) is 128 Å². The first-order chi connectivity index (χ1) is 29.3. The van der Waals surface area contributed by atoms with Gasteiger partial charge in [0.1, 0.15) is 11.5 Å². The SMILES string of the molecule is CC(C)(C)c1ccnc(N2c3ccccc3C(C)(C)c3cc4c(cc32)N(c2ccc3c(c2)-n2c5ncccc5c5cc(C(C)(C)C)cc(c52)C3(C)C)c2ccccc2C4(C)C)c1. The van der Waals surface area contributed by atoms with Crippen molar-refractivity contribution in [3.63, 3.8) is 0 Å². The van der Waals surface area contributed by atoms with E-state index in [4.69, 9.17) is 9.97 Å². The summed E-state index contributed by atoms with van der Waals surface area (Å²) in [5, 5.41) is 2.46. The molecule has 0 N–H and O–H groups in total. The molecule has 62 heavy (non-hydrogen) atoms. The minimum absolute atomic E-state index is 0.00186. The number of para-hydroxylation sites is 2. The lowest BCUT2D eigenvalue weighted by Crippen LogP contribution is -2.35. The molecule has 0 saturated carbocycles. The molecule has 3 aromatic heterocycles. The Balaban J connectivity index is 1.20. The van der Waals surface area contributed by atoms with Gasteiger partial charge >= 0.3 is 0 Å². The lowest BCUT2D eigenvalue weighted by molar-refractivity contribution is 0.582. The third-order valence-electron chi connectivity index (χ3n) is 14.7. The van der Waals surface area contributed by atoms with E-state index in [-0.39, 0.29) is 27.1 Å². The fourth-order valence-electron chi connectivity index (χ4n) is 11.1. The first-order valence-electron chi connectivity index (χ1n) is 22.3. The van der Waals surface area contributed by atoms with Crippen molar-refractivity contribution >= 4 is 56.2 Å². The number of fused-ring (bicyclic) bond motifs is 9. The van der Waals surface area contributed by atoms with E-state index in [0.717, 1.165) is 22.8 Å². The molecule has 3 aliphatic heterocycles. The first-order valence-corrected chi connectivity index (χ1v) is 22.3. The summed E-state index contributed by atoms with van der Waals surface area (Å²) in [4.78, 5) is 15.2. The van der Waals surface area contributed by atoms with Crippen molar-refractivity contribution in [2.75, 3.05) is 9.80 Å². The van der Waals surface area contributed by atoms with E-state index in [1.807, 2.05) is 12.4 Å². The quantitative estimate of drug-likeness (QED) is 0.174. The van der Waals surface area contributed by atoms with Gasteiger partial charge in [0, 0.05) is 45.1 Å². The number of rotatable bonds is 2. The monoisotopic (exact) mass is 811 g/mol. The molecule has 0 unspecified atom stereocenters. The van der Waals surface area contributed by atoms with Crippen molar-refractivity contribution in [1.82, 2.24) is 14.5 Å². The Labute approximate surface area is 367 Å². The normalized spacial score (nSPS) is 16.7. The average molecular weight is 812 g/mol. The standard InChI is InChI=1S/C57H57N5/c1-53(2,3)34-25-27-58-50(30-34)61-46-22-16-14-20-40(46)56(9,10)43-32-42-48(33-49(43)61)60(45-21-15-13-19-39(45)55(42,7)8)36-23-24-41-47(31-36)62-51-38(37-18-17-26-59-52(37)62)28-35(54(4,5)6)29-44(51)57(41,11)12/h13-33H,1-12H3. The molecule has 5 nitrogen and oxygen atoms in total. The average Bonchev–Trinajstić information content (AvgIpc) is 3.57. The van der Waals surface area contributed by atoms with Gasteiger partial charge in [0.25, 0.3) is 0 Å². The summed E-state index contributed by atoms with van der Waals surface area (Å²) in [6, 6.07) is 43.8. The van der Waals surface area contributed by atoms with Crippen LogP contribution in [0.3, 0.4) is 0 Å². The molecule has 6 heterocycles. The highest BCUT2D eigenvalue weighted by molar-refractivity contribution is 6.11. The summed E-state index contributed by atoms with van der Waals surface area (Å²) in [6.07, 6.45) is 3.92. The first kappa shape index (κ1) is 38.7. The van der Waals surface area contributed by atoms with Gasteiger partial charge in [-0.1, -0.05) is 132 Å². The molecule has 0 atom stereocenters. The second-order valence-corrected chi connectivity index (χ2v) is 21.7. The molecule has 0 spiro atoms. The third-order valence-corrected chi connectivity index (χ3v) is 14.7. The molecule has 5 heteroatoms. The van der Waals surface area contributed by atoms with Crippen LogP contribution in [0.15, 0.2) is 128 Å². The van der Waals surface area contributed by atoms with Gasteiger partial charge in [-0.3, -0.25) is 9.47 Å². The topological polar surface area (TPSA) is 37.2 Å². The van der Waals surface area contributed by atoms with E-state index in [1.165, 1.54) is 83.5 Å². The number of nitrogens with zero attached hydrogens (tertiary/aromatic N) is 5. The van der Waals surface area contributed by atoms with Gasteiger partial charge in [0.05, 0.1) is 34.0 Å². The maximum atomic E-state index is 5.12. The molecule has 11 rings (SSSR count). The second-order valence-electron chi connectivity index (χ2n) is 21.7. The van der Waals surface area contributed by atoms with E-state index in [2.05, 4.69) is 213 Å². The van der Waals surface area contributed by atoms with E-state index in [1.54, 1.807) is 0 Å². The van der Waals surface area contributed by atoms with Crippen LogP contribution in [0.4, 0.5) is 34.3 Å². The largest absolute Gasteiger partial charge is 0.310 e. The third kappa shape index (κ3) is 5.20. The summed E-state index contributed by atoms with van der Waals surface area (Å²) in [5.74, 6) is 0.934. The highest BCUT2D eigenvalue weighted by Crippen LogP contribution is 2.59. The lowest BCUT2D eigenvalue weighted by Gasteiger charge is -2.47. The van der Waals surface area contributed by atoms with Gasteiger partial charge in [-0.15, -0.1) is 0 Å². The number of anilines is 6. The molecule has 0 radical (unpaired) electrons. The number of benzene rings is 5. The minimum Gasteiger partial charge on any atom is -0.310 e. The van der Waals surface area contributed by atoms with Gasteiger partial charge in [-0.2, -0.15) is 0 Å². The van der Waals surface area contributed by atoms with E-state index < -0.39 is 0 Å². The molecule has 8 aromatic rings. The Bertz CT molecular complexity index is 3200. The number of aromatic nitrogens is 3. The van der Waals surface area contributed by atoms with Crippen LogP contribution in [-0.2, 0) is 27.1 Å². The predicted octanol–water partition coefficient (Wildman–Crippen LogP) is 15.0. The molecule has 0 bridgehead atoms. The Kier molecular flexibility index (Phi) is 7.78. The zero-order valence-electron chi connectivity index (χ0n) is 38.4. The fraction of sp³-hybridized carbons (Fsp3) is 0.298. The van der Waals surface area contributed by atoms with Crippen molar-refractivity contribution < 1.29 is 0 Å². The van der Waals surface area contributed by atoms with Crippen molar-refractivity contribution in [1.29, 1.82) is 0 Å². The Morgan fingerprint density at radius 3 is 1.68 bits per heavy atom. The van der Waals surface area contributed by atoms with Crippen molar-refractivity contribution in [2.24, 2.45) is 0 Å². The number of hydrogen-bond acceptors (Lipinski definition) is 4. The van der Waals surface area contributed by atoms with Crippen LogP contribution in [0, 0.1) is 0 Å². The molecular formula is C57H57N5. The summed E-state index contributed by atoms with van der Waals surface area (Å²) in [7, 11) is 0. The molecule has 310 valence electrons. The Hall–Kier alpha value is -6.20. The fourth-order valence-corrected chi connectivity index (χ4v) is 11.1. The molecular weight excluding hydrogens is 755 g/mol. The van der Waals surface area contributed by atoms with Crippen LogP contribution in [0.25, 0.3) is 27.6 Å². The molecule has 0 saturated heterocycles.